The summed E-state index contributed by atoms with van der Waals surface area (Å²) in [5.41, 5.74) is 3.98. The van der Waals surface area contributed by atoms with E-state index in [1.807, 2.05) is 43.3 Å². The number of benzene rings is 3. The summed E-state index contributed by atoms with van der Waals surface area (Å²) in [7, 11) is 0. The van der Waals surface area contributed by atoms with Crippen LogP contribution in [0.15, 0.2) is 65.0 Å². The van der Waals surface area contributed by atoms with Crippen molar-refractivity contribution in [2.24, 2.45) is 0 Å². The summed E-state index contributed by atoms with van der Waals surface area (Å²) in [6.07, 6.45) is 0. The normalized spacial score (nSPS) is 12.3. The number of anilines is 3. The number of fused-ring (bicyclic) bond motifs is 2. The minimum atomic E-state index is -0.368. The maximum atomic E-state index is 12.5. The lowest BCUT2D eigenvalue weighted by Crippen LogP contribution is -2.20. The lowest BCUT2D eigenvalue weighted by atomic mass is 10.2. The Morgan fingerprint density at radius 3 is 2.37 bits per heavy atom. The first-order valence-corrected chi connectivity index (χ1v) is 12.7. The Kier molecular flexibility index (Phi) is 6.73. The fourth-order valence-electron chi connectivity index (χ4n) is 3.42. The Morgan fingerprint density at radius 2 is 1.57 bits per heavy atom. The average molecular weight is 507 g/mol. The average Bonchev–Trinajstić information content (AvgIpc) is 3.26. The molecule has 0 radical (unpaired) electrons. The lowest BCUT2D eigenvalue weighted by molar-refractivity contribution is -0.113. The summed E-state index contributed by atoms with van der Waals surface area (Å²) >= 11 is 2.86. The Balaban J connectivity index is 1.17. The molecule has 0 aliphatic carbocycles. The maximum absolute atomic E-state index is 12.5. The van der Waals surface area contributed by atoms with Gasteiger partial charge in [0.2, 0.25) is 5.91 Å². The number of nitrogens with zero attached hydrogens (tertiary/aromatic N) is 1. The molecular formula is C25H22N4O4S2. The van der Waals surface area contributed by atoms with Crippen LogP contribution in [0.25, 0.3) is 10.2 Å². The van der Waals surface area contributed by atoms with Gasteiger partial charge in [0.05, 0.1) is 16.0 Å². The number of hydrogen-bond acceptors (Lipinski definition) is 7. The van der Waals surface area contributed by atoms with E-state index in [9.17, 15) is 9.59 Å². The zero-order valence-electron chi connectivity index (χ0n) is 18.8. The predicted molar refractivity (Wildman–Crippen MR) is 140 cm³/mol. The zero-order chi connectivity index (χ0) is 24.2. The Morgan fingerprint density at radius 1 is 0.886 bits per heavy atom. The molecule has 8 nitrogen and oxygen atoms in total. The van der Waals surface area contributed by atoms with Gasteiger partial charge in [-0.05, 0) is 49.4 Å². The van der Waals surface area contributed by atoms with Crippen LogP contribution in [0.4, 0.5) is 21.9 Å². The summed E-state index contributed by atoms with van der Waals surface area (Å²) < 4.78 is 12.8. The van der Waals surface area contributed by atoms with E-state index in [4.69, 9.17) is 9.47 Å². The Bertz CT molecular complexity index is 1390. The van der Waals surface area contributed by atoms with E-state index in [0.29, 0.717) is 36.1 Å². The molecular weight excluding hydrogens is 484 g/mol. The molecule has 0 bridgehead atoms. The Labute approximate surface area is 210 Å². The van der Waals surface area contributed by atoms with Crippen LogP contribution in [0.3, 0.4) is 0 Å². The van der Waals surface area contributed by atoms with E-state index in [-0.39, 0.29) is 17.7 Å². The van der Waals surface area contributed by atoms with Crippen molar-refractivity contribution in [1.82, 2.24) is 4.98 Å². The summed E-state index contributed by atoms with van der Waals surface area (Å²) in [4.78, 5) is 29.3. The number of carbonyl (C=O) groups excluding carboxylic acids is 2. The molecule has 1 aromatic heterocycles. The monoisotopic (exact) mass is 506 g/mol. The molecule has 0 spiro atoms. The van der Waals surface area contributed by atoms with Gasteiger partial charge in [0.1, 0.15) is 13.2 Å². The van der Waals surface area contributed by atoms with E-state index < -0.39 is 0 Å². The molecule has 0 atom stereocenters. The molecule has 4 aromatic rings. The van der Waals surface area contributed by atoms with Gasteiger partial charge in [-0.25, -0.2) is 9.78 Å². The van der Waals surface area contributed by atoms with Crippen LogP contribution in [-0.2, 0) is 4.79 Å². The molecule has 2 heterocycles. The topological polar surface area (TPSA) is 102 Å². The summed E-state index contributed by atoms with van der Waals surface area (Å²) in [6, 6.07) is 18.1. The van der Waals surface area contributed by atoms with E-state index in [1.165, 1.54) is 23.1 Å². The Hall–Kier alpha value is -3.76. The molecule has 3 amide bonds. The number of amides is 3. The van der Waals surface area contributed by atoms with Gasteiger partial charge in [-0.3, -0.25) is 4.79 Å². The second kappa shape index (κ2) is 10.2. The molecule has 0 unspecified atom stereocenters. The van der Waals surface area contributed by atoms with Crippen LogP contribution in [0.5, 0.6) is 11.5 Å². The van der Waals surface area contributed by atoms with Crippen LogP contribution < -0.4 is 25.4 Å². The van der Waals surface area contributed by atoms with Crippen molar-refractivity contribution in [3.8, 4) is 11.5 Å². The number of hydrogen-bond donors (Lipinski definition) is 3. The number of thioether (sulfide) groups is 1. The van der Waals surface area contributed by atoms with Crippen LogP contribution in [0, 0.1) is 6.92 Å². The molecule has 1 aliphatic heterocycles. The van der Waals surface area contributed by atoms with Gasteiger partial charge in [0.25, 0.3) is 0 Å². The van der Waals surface area contributed by atoms with Crippen molar-refractivity contribution in [3.05, 3.63) is 66.2 Å². The van der Waals surface area contributed by atoms with Crippen LogP contribution >= 0.6 is 23.1 Å². The quantitative estimate of drug-likeness (QED) is 0.288. The first-order valence-electron chi connectivity index (χ1n) is 10.9. The molecule has 178 valence electrons. The van der Waals surface area contributed by atoms with Crippen LogP contribution in [0.1, 0.15) is 5.56 Å². The molecule has 3 N–H and O–H groups in total. The highest BCUT2D eigenvalue weighted by Crippen LogP contribution is 2.33. The largest absolute Gasteiger partial charge is 0.486 e. The molecule has 3 aromatic carbocycles. The molecule has 10 heteroatoms. The second-order valence-electron chi connectivity index (χ2n) is 7.80. The first kappa shape index (κ1) is 23.0. The third-order valence-electron chi connectivity index (χ3n) is 5.09. The lowest BCUT2D eigenvalue weighted by Gasteiger charge is -2.19. The third-order valence-corrected chi connectivity index (χ3v) is 7.25. The zero-order valence-corrected chi connectivity index (χ0v) is 20.4. The van der Waals surface area contributed by atoms with Crippen LogP contribution in [0.2, 0.25) is 0 Å². The molecule has 35 heavy (non-hydrogen) atoms. The number of carbonyl (C=O) groups is 2. The van der Waals surface area contributed by atoms with Gasteiger partial charge in [0.15, 0.2) is 15.8 Å². The highest BCUT2D eigenvalue weighted by atomic mass is 32.2. The number of nitrogens with one attached hydrogen (secondary N) is 3. The van der Waals surface area contributed by atoms with E-state index in [0.717, 1.165) is 25.8 Å². The number of thiazole rings is 1. The van der Waals surface area contributed by atoms with E-state index in [1.54, 1.807) is 24.3 Å². The van der Waals surface area contributed by atoms with Gasteiger partial charge in [-0.1, -0.05) is 29.5 Å². The number of aromatic nitrogens is 1. The van der Waals surface area contributed by atoms with Crippen molar-refractivity contribution >= 4 is 62.3 Å². The summed E-state index contributed by atoms with van der Waals surface area (Å²) in [5.74, 6) is 1.45. The fourth-order valence-corrected chi connectivity index (χ4v) is 5.33. The molecule has 0 saturated heterocycles. The van der Waals surface area contributed by atoms with Crippen molar-refractivity contribution in [3.63, 3.8) is 0 Å². The molecule has 0 saturated carbocycles. The first-order chi connectivity index (χ1) is 17.0. The second-order valence-corrected chi connectivity index (χ2v) is 10.1. The summed E-state index contributed by atoms with van der Waals surface area (Å²) in [5, 5.41) is 8.53. The van der Waals surface area contributed by atoms with E-state index in [2.05, 4.69) is 20.9 Å². The number of urea groups is 1. The van der Waals surface area contributed by atoms with Crippen molar-refractivity contribution < 1.29 is 19.1 Å². The molecule has 1 aliphatic rings. The standard InChI is InChI=1S/C25H22N4O4S2/c1-15-2-4-16(5-3-15)26-23(30)14-34-25-29-19-8-6-18(13-22(19)35-25)28-24(31)27-17-7-9-20-21(12-17)33-11-10-32-20/h2-9,12-13H,10-11,14H2,1H3,(H,26,30)(H2,27,28,31). The van der Waals surface area contributed by atoms with Gasteiger partial charge < -0.3 is 25.4 Å². The highest BCUT2D eigenvalue weighted by molar-refractivity contribution is 8.01. The van der Waals surface area contributed by atoms with Gasteiger partial charge >= 0.3 is 6.03 Å². The maximum Gasteiger partial charge on any atom is 0.323 e. The SMILES string of the molecule is Cc1ccc(NC(=O)CSc2nc3ccc(NC(=O)Nc4ccc5c(c4)OCCO5)cc3s2)cc1. The number of aryl methyl sites for hydroxylation is 1. The molecule has 0 fully saturated rings. The smallest absolute Gasteiger partial charge is 0.323 e. The summed E-state index contributed by atoms with van der Waals surface area (Å²) in [6.45, 7) is 3.00. The fraction of sp³-hybridized carbons (Fsp3) is 0.160. The van der Waals surface area contributed by atoms with Crippen molar-refractivity contribution in [2.45, 2.75) is 11.3 Å². The third kappa shape index (κ3) is 5.84. The van der Waals surface area contributed by atoms with Crippen molar-refractivity contribution in [2.75, 3.05) is 34.9 Å². The van der Waals surface area contributed by atoms with Gasteiger partial charge in [-0.2, -0.15) is 0 Å². The van der Waals surface area contributed by atoms with E-state index >= 15 is 0 Å². The molecule has 5 rings (SSSR count). The van der Waals surface area contributed by atoms with Gasteiger partial charge in [-0.15, -0.1) is 11.3 Å². The minimum absolute atomic E-state index is 0.0868. The van der Waals surface area contributed by atoms with Crippen LogP contribution in [-0.4, -0.2) is 35.9 Å². The predicted octanol–water partition coefficient (Wildman–Crippen LogP) is 5.75. The number of ether oxygens (including phenoxy) is 2. The highest BCUT2D eigenvalue weighted by Gasteiger charge is 2.14. The minimum Gasteiger partial charge on any atom is -0.486 e. The van der Waals surface area contributed by atoms with Gasteiger partial charge in [0, 0.05) is 23.1 Å². The van der Waals surface area contributed by atoms with Crippen molar-refractivity contribution in [1.29, 1.82) is 0 Å². The number of rotatable bonds is 6.